The van der Waals surface area contributed by atoms with Gasteiger partial charge in [-0.25, -0.2) is 0 Å². The Morgan fingerprint density at radius 2 is 2.20 bits per heavy atom. The number of nitrogen functional groups attached to an aromatic ring is 1. The molecule has 106 valence electrons. The fourth-order valence-electron chi connectivity index (χ4n) is 3.00. The summed E-state index contributed by atoms with van der Waals surface area (Å²) in [4.78, 5) is 9.34. The number of likely N-dealkylation sites (N-methyl/N-ethyl adjacent to an activating group) is 1. The van der Waals surface area contributed by atoms with E-state index in [1.807, 2.05) is 24.4 Å². The molecule has 0 aliphatic carbocycles. The Hall–Kier alpha value is -1.65. The van der Waals surface area contributed by atoms with E-state index in [4.69, 9.17) is 5.73 Å². The first kappa shape index (κ1) is 13.3. The number of anilines is 1. The molecule has 1 atom stereocenters. The van der Waals surface area contributed by atoms with Crippen LogP contribution in [0.3, 0.4) is 0 Å². The third-order valence-electron chi connectivity index (χ3n) is 4.26. The maximum absolute atomic E-state index is 6.03. The molecule has 4 nitrogen and oxygen atoms in total. The van der Waals surface area contributed by atoms with E-state index in [2.05, 4.69) is 34.9 Å². The standard InChI is InChI=1S/C16H22N4/c1-19(2)13-7-9-20(11-13)10-12-5-6-15(17)14-4-3-8-18-16(12)14/h3-6,8,13H,7,9-11,17H2,1-2H3. The predicted octanol–water partition coefficient (Wildman–Crippen LogP) is 1.95. The summed E-state index contributed by atoms with van der Waals surface area (Å²) in [6.07, 6.45) is 3.09. The van der Waals surface area contributed by atoms with Gasteiger partial charge >= 0.3 is 0 Å². The Labute approximate surface area is 120 Å². The molecule has 2 heterocycles. The van der Waals surface area contributed by atoms with Crippen LogP contribution in [0, 0.1) is 0 Å². The highest BCUT2D eigenvalue weighted by atomic mass is 15.2. The molecule has 1 saturated heterocycles. The first-order valence-electron chi connectivity index (χ1n) is 7.16. The second-order valence-corrected chi connectivity index (χ2v) is 5.85. The summed E-state index contributed by atoms with van der Waals surface area (Å²) < 4.78 is 0. The zero-order chi connectivity index (χ0) is 14.1. The second-order valence-electron chi connectivity index (χ2n) is 5.85. The van der Waals surface area contributed by atoms with Crippen LogP contribution >= 0.6 is 0 Å². The van der Waals surface area contributed by atoms with Gasteiger partial charge in [0.05, 0.1) is 5.52 Å². The summed E-state index contributed by atoms with van der Waals surface area (Å²) in [5.41, 5.74) is 9.16. The van der Waals surface area contributed by atoms with E-state index in [-0.39, 0.29) is 0 Å². The van der Waals surface area contributed by atoms with E-state index in [1.54, 1.807) is 0 Å². The summed E-state index contributed by atoms with van der Waals surface area (Å²) >= 11 is 0. The summed E-state index contributed by atoms with van der Waals surface area (Å²) in [5, 5.41) is 1.06. The molecule has 1 unspecified atom stereocenters. The molecule has 4 heteroatoms. The molecule has 20 heavy (non-hydrogen) atoms. The first-order valence-corrected chi connectivity index (χ1v) is 7.16. The van der Waals surface area contributed by atoms with Crippen molar-refractivity contribution in [1.29, 1.82) is 0 Å². The van der Waals surface area contributed by atoms with Crippen LogP contribution in [0.5, 0.6) is 0 Å². The van der Waals surface area contributed by atoms with Gasteiger partial charge in [-0.15, -0.1) is 0 Å². The highest BCUT2D eigenvalue weighted by Crippen LogP contribution is 2.25. The maximum atomic E-state index is 6.03. The number of aromatic nitrogens is 1. The third kappa shape index (κ3) is 2.49. The van der Waals surface area contributed by atoms with Crippen molar-refractivity contribution >= 4 is 16.6 Å². The van der Waals surface area contributed by atoms with Crippen molar-refractivity contribution in [2.75, 3.05) is 32.9 Å². The SMILES string of the molecule is CN(C)C1CCN(Cc2ccc(N)c3cccnc23)C1. The summed E-state index contributed by atoms with van der Waals surface area (Å²) in [5.74, 6) is 0. The summed E-state index contributed by atoms with van der Waals surface area (Å²) in [7, 11) is 4.32. The van der Waals surface area contributed by atoms with Crippen LogP contribution in [0.2, 0.25) is 0 Å². The van der Waals surface area contributed by atoms with Crippen molar-refractivity contribution in [3.63, 3.8) is 0 Å². The number of hydrogen-bond donors (Lipinski definition) is 1. The van der Waals surface area contributed by atoms with Crippen LogP contribution in [0.25, 0.3) is 10.9 Å². The molecule has 2 aromatic rings. The molecule has 0 bridgehead atoms. The molecule has 0 saturated carbocycles. The number of pyridine rings is 1. The minimum Gasteiger partial charge on any atom is -0.398 e. The monoisotopic (exact) mass is 270 g/mol. The fraction of sp³-hybridized carbons (Fsp3) is 0.438. The molecule has 1 aromatic heterocycles. The van der Waals surface area contributed by atoms with Crippen LogP contribution in [-0.2, 0) is 6.54 Å². The Bertz CT molecular complexity index is 608. The lowest BCUT2D eigenvalue weighted by atomic mass is 10.1. The Balaban J connectivity index is 1.84. The van der Waals surface area contributed by atoms with Gasteiger partial charge in [0.1, 0.15) is 0 Å². The van der Waals surface area contributed by atoms with Crippen molar-refractivity contribution in [3.05, 3.63) is 36.0 Å². The zero-order valence-corrected chi connectivity index (χ0v) is 12.2. The average molecular weight is 270 g/mol. The van der Waals surface area contributed by atoms with Gasteiger partial charge in [0, 0.05) is 42.9 Å². The van der Waals surface area contributed by atoms with E-state index in [9.17, 15) is 0 Å². The topological polar surface area (TPSA) is 45.4 Å². The Morgan fingerprint density at radius 1 is 1.35 bits per heavy atom. The molecule has 0 spiro atoms. The summed E-state index contributed by atoms with van der Waals surface area (Å²) in [6, 6.07) is 8.78. The lowest BCUT2D eigenvalue weighted by molar-refractivity contribution is 0.265. The lowest BCUT2D eigenvalue weighted by Gasteiger charge is -2.20. The van der Waals surface area contributed by atoms with Crippen molar-refractivity contribution in [2.45, 2.75) is 19.0 Å². The molecular weight excluding hydrogens is 248 g/mol. The van der Waals surface area contributed by atoms with Gasteiger partial charge in [0.25, 0.3) is 0 Å². The van der Waals surface area contributed by atoms with Gasteiger partial charge in [0.2, 0.25) is 0 Å². The third-order valence-corrected chi connectivity index (χ3v) is 4.26. The first-order chi connectivity index (χ1) is 9.65. The van der Waals surface area contributed by atoms with Crippen molar-refractivity contribution < 1.29 is 0 Å². The molecule has 1 aliphatic rings. The van der Waals surface area contributed by atoms with Crippen molar-refractivity contribution in [2.24, 2.45) is 0 Å². The lowest BCUT2D eigenvalue weighted by Crippen LogP contribution is -2.31. The van der Waals surface area contributed by atoms with Crippen molar-refractivity contribution in [3.8, 4) is 0 Å². The quantitative estimate of drug-likeness (QED) is 0.866. The maximum Gasteiger partial charge on any atom is 0.0767 e. The molecule has 0 amide bonds. The number of nitrogens with two attached hydrogens (primary N) is 1. The average Bonchev–Trinajstić information content (AvgIpc) is 2.91. The fourth-order valence-corrected chi connectivity index (χ4v) is 3.00. The molecule has 0 radical (unpaired) electrons. The van der Waals surface area contributed by atoms with Crippen LogP contribution < -0.4 is 5.73 Å². The number of likely N-dealkylation sites (tertiary alicyclic amines) is 1. The van der Waals surface area contributed by atoms with Crippen LogP contribution in [0.15, 0.2) is 30.5 Å². The molecule has 1 aromatic carbocycles. The molecule has 1 aliphatic heterocycles. The van der Waals surface area contributed by atoms with Gasteiger partial charge in [-0.3, -0.25) is 9.88 Å². The predicted molar refractivity (Wildman–Crippen MR) is 83.5 cm³/mol. The van der Waals surface area contributed by atoms with Gasteiger partial charge in [-0.2, -0.15) is 0 Å². The molecule has 1 fully saturated rings. The van der Waals surface area contributed by atoms with Crippen LogP contribution in [0.4, 0.5) is 5.69 Å². The van der Waals surface area contributed by atoms with E-state index in [1.165, 1.54) is 12.0 Å². The number of benzene rings is 1. The normalized spacial score (nSPS) is 20.1. The largest absolute Gasteiger partial charge is 0.398 e. The van der Waals surface area contributed by atoms with Gasteiger partial charge in [-0.1, -0.05) is 6.07 Å². The van der Waals surface area contributed by atoms with E-state index >= 15 is 0 Å². The smallest absolute Gasteiger partial charge is 0.0767 e. The summed E-state index contributed by atoms with van der Waals surface area (Å²) in [6.45, 7) is 3.24. The molecular formula is C16H22N4. The number of nitrogens with zero attached hydrogens (tertiary/aromatic N) is 3. The minimum atomic E-state index is 0.669. The number of rotatable bonds is 3. The number of hydrogen-bond acceptors (Lipinski definition) is 4. The highest BCUT2D eigenvalue weighted by molar-refractivity contribution is 5.92. The van der Waals surface area contributed by atoms with E-state index in [0.29, 0.717) is 6.04 Å². The Kier molecular flexibility index (Phi) is 3.59. The van der Waals surface area contributed by atoms with E-state index in [0.717, 1.165) is 36.2 Å². The van der Waals surface area contributed by atoms with Crippen LogP contribution in [-0.4, -0.2) is 48.0 Å². The molecule has 2 N–H and O–H groups in total. The Morgan fingerprint density at radius 3 is 2.95 bits per heavy atom. The van der Waals surface area contributed by atoms with Gasteiger partial charge < -0.3 is 10.6 Å². The number of fused-ring (bicyclic) bond motifs is 1. The minimum absolute atomic E-state index is 0.669. The van der Waals surface area contributed by atoms with Crippen molar-refractivity contribution in [1.82, 2.24) is 14.8 Å². The zero-order valence-electron chi connectivity index (χ0n) is 12.2. The highest BCUT2D eigenvalue weighted by Gasteiger charge is 2.24. The second kappa shape index (κ2) is 5.38. The van der Waals surface area contributed by atoms with E-state index < -0.39 is 0 Å². The van der Waals surface area contributed by atoms with Gasteiger partial charge in [0.15, 0.2) is 0 Å². The molecule has 3 rings (SSSR count). The van der Waals surface area contributed by atoms with Gasteiger partial charge in [-0.05, 0) is 44.3 Å². The van der Waals surface area contributed by atoms with Crippen LogP contribution in [0.1, 0.15) is 12.0 Å².